The normalized spacial score (nSPS) is 17.0. The van der Waals surface area contributed by atoms with Gasteiger partial charge in [-0.2, -0.15) is 9.97 Å². The fourth-order valence-electron chi connectivity index (χ4n) is 4.34. The number of aliphatic imine (C=N–C) groups is 1. The van der Waals surface area contributed by atoms with Crippen molar-refractivity contribution >= 4 is 34.8 Å². The number of dihydropyridines is 1. The van der Waals surface area contributed by atoms with Crippen molar-refractivity contribution in [2.45, 2.75) is 46.5 Å². The molecule has 3 aromatic rings. The Morgan fingerprint density at radius 1 is 0.970 bits per heavy atom. The summed E-state index contributed by atoms with van der Waals surface area (Å²) in [6.45, 7) is 9.55. The van der Waals surface area contributed by atoms with Crippen LogP contribution in [0.1, 0.15) is 46.5 Å². The quantitative estimate of drug-likeness (QED) is 0.586. The lowest BCUT2D eigenvalue weighted by Gasteiger charge is -2.28. The number of aromatic nitrogens is 4. The molecule has 0 amide bonds. The zero-order valence-electron chi connectivity index (χ0n) is 19.7. The van der Waals surface area contributed by atoms with Gasteiger partial charge in [-0.25, -0.2) is 4.98 Å². The maximum Gasteiger partial charge on any atom is 0.232 e. The molecule has 2 aliphatic rings. The van der Waals surface area contributed by atoms with Crippen molar-refractivity contribution in [3.8, 4) is 0 Å². The fraction of sp³-hybridized carbons (Fsp3) is 0.440. The number of imidazole rings is 1. The van der Waals surface area contributed by atoms with Crippen LogP contribution < -0.4 is 15.5 Å². The van der Waals surface area contributed by atoms with Gasteiger partial charge in [0, 0.05) is 56.0 Å². The van der Waals surface area contributed by atoms with Crippen LogP contribution >= 0.6 is 0 Å². The molecule has 33 heavy (non-hydrogen) atoms. The van der Waals surface area contributed by atoms with Crippen molar-refractivity contribution in [2.24, 2.45) is 10.4 Å². The molecule has 2 N–H and O–H groups in total. The largest absolute Gasteiger partial charge is 0.356 e. The molecule has 3 aromatic heterocycles. The summed E-state index contributed by atoms with van der Waals surface area (Å²) in [5.41, 5.74) is 3.34. The van der Waals surface area contributed by atoms with Gasteiger partial charge in [0.15, 0.2) is 0 Å². The van der Waals surface area contributed by atoms with Crippen molar-refractivity contribution in [1.29, 1.82) is 0 Å². The predicted octanol–water partition coefficient (Wildman–Crippen LogP) is 5.04. The lowest BCUT2D eigenvalue weighted by molar-refractivity contribution is 0.482. The molecule has 0 saturated carbocycles. The second kappa shape index (κ2) is 8.84. The lowest BCUT2D eigenvalue weighted by Crippen LogP contribution is -2.30. The van der Waals surface area contributed by atoms with E-state index in [0.29, 0.717) is 5.95 Å². The van der Waals surface area contributed by atoms with Crippen LogP contribution in [0.2, 0.25) is 0 Å². The number of amidine groups is 1. The molecule has 0 radical (unpaired) electrons. The molecule has 2 aliphatic heterocycles. The van der Waals surface area contributed by atoms with Gasteiger partial charge < -0.3 is 19.9 Å². The Labute approximate surface area is 194 Å². The van der Waals surface area contributed by atoms with E-state index in [2.05, 4.69) is 52.4 Å². The summed E-state index contributed by atoms with van der Waals surface area (Å²) in [5.74, 6) is 3.08. The molecule has 172 valence electrons. The smallest absolute Gasteiger partial charge is 0.232 e. The van der Waals surface area contributed by atoms with Crippen LogP contribution in [-0.4, -0.2) is 44.8 Å². The zero-order chi connectivity index (χ0) is 22.8. The van der Waals surface area contributed by atoms with Crippen molar-refractivity contribution in [1.82, 2.24) is 19.4 Å². The minimum Gasteiger partial charge on any atom is -0.356 e. The second-order valence-electron chi connectivity index (χ2n) is 9.78. The molecule has 0 aromatic carbocycles. The van der Waals surface area contributed by atoms with Crippen LogP contribution in [0.15, 0.2) is 53.4 Å². The topological polar surface area (TPSA) is 82.7 Å². The van der Waals surface area contributed by atoms with Gasteiger partial charge in [-0.3, -0.25) is 4.99 Å². The van der Waals surface area contributed by atoms with E-state index >= 15 is 0 Å². The van der Waals surface area contributed by atoms with Crippen molar-refractivity contribution in [3.05, 3.63) is 48.4 Å². The van der Waals surface area contributed by atoms with E-state index in [1.807, 2.05) is 35.0 Å². The summed E-state index contributed by atoms with van der Waals surface area (Å²) in [6, 6.07) is 6.07. The highest BCUT2D eigenvalue weighted by atomic mass is 15.3. The van der Waals surface area contributed by atoms with E-state index in [0.717, 1.165) is 54.9 Å². The highest BCUT2D eigenvalue weighted by molar-refractivity contribution is 6.04. The number of hydrogen-bond donors (Lipinski definition) is 2. The highest BCUT2D eigenvalue weighted by Crippen LogP contribution is 2.30. The molecule has 0 atom stereocenters. The van der Waals surface area contributed by atoms with Crippen LogP contribution in [-0.2, 0) is 0 Å². The maximum absolute atomic E-state index is 4.86. The first-order chi connectivity index (χ1) is 15.9. The van der Waals surface area contributed by atoms with Gasteiger partial charge in [-0.05, 0) is 43.2 Å². The summed E-state index contributed by atoms with van der Waals surface area (Å²) in [7, 11) is 0. The second-order valence-corrected chi connectivity index (χ2v) is 9.78. The van der Waals surface area contributed by atoms with Gasteiger partial charge in [0.1, 0.15) is 23.1 Å². The molecule has 1 saturated heterocycles. The van der Waals surface area contributed by atoms with Crippen LogP contribution in [0.4, 0.5) is 23.3 Å². The molecule has 8 heteroatoms. The summed E-state index contributed by atoms with van der Waals surface area (Å²) in [4.78, 5) is 21.0. The van der Waals surface area contributed by atoms with Crippen LogP contribution in [0.25, 0.3) is 5.65 Å². The van der Waals surface area contributed by atoms with Crippen LogP contribution in [0, 0.1) is 5.41 Å². The number of pyridine rings is 1. The minimum absolute atomic E-state index is 0.123. The predicted molar refractivity (Wildman–Crippen MR) is 135 cm³/mol. The van der Waals surface area contributed by atoms with E-state index in [9.17, 15) is 0 Å². The molecular formula is C25H32N8. The Hall–Kier alpha value is -3.42. The number of fused-ring (bicyclic) bond motifs is 1. The van der Waals surface area contributed by atoms with E-state index in [-0.39, 0.29) is 5.41 Å². The number of anilines is 4. The summed E-state index contributed by atoms with van der Waals surface area (Å²) in [5, 5.41) is 6.83. The summed E-state index contributed by atoms with van der Waals surface area (Å²) in [6.07, 6.45) is 12.5. The van der Waals surface area contributed by atoms with Gasteiger partial charge in [0.2, 0.25) is 5.95 Å². The molecule has 1 fully saturated rings. The van der Waals surface area contributed by atoms with E-state index in [1.54, 1.807) is 6.20 Å². The fourth-order valence-corrected chi connectivity index (χ4v) is 4.34. The third-order valence-electron chi connectivity index (χ3n) is 6.24. The third-order valence-corrected chi connectivity index (χ3v) is 6.24. The monoisotopic (exact) mass is 444 g/mol. The average molecular weight is 445 g/mol. The molecular weight excluding hydrogens is 412 g/mol. The van der Waals surface area contributed by atoms with Crippen molar-refractivity contribution < 1.29 is 0 Å². The minimum atomic E-state index is 0.123. The van der Waals surface area contributed by atoms with Gasteiger partial charge in [0.25, 0.3) is 0 Å². The molecule has 8 nitrogen and oxygen atoms in total. The first-order valence-corrected chi connectivity index (χ1v) is 11.8. The first kappa shape index (κ1) is 21.4. The highest BCUT2D eigenvalue weighted by Gasteiger charge is 2.21. The number of hydrogen-bond acceptors (Lipinski definition) is 7. The number of rotatable bonds is 4. The van der Waals surface area contributed by atoms with E-state index in [1.165, 1.54) is 24.8 Å². The molecule has 5 heterocycles. The van der Waals surface area contributed by atoms with Gasteiger partial charge >= 0.3 is 0 Å². The number of piperidine rings is 1. The van der Waals surface area contributed by atoms with Gasteiger partial charge in [-0.1, -0.05) is 26.3 Å². The summed E-state index contributed by atoms with van der Waals surface area (Å²) < 4.78 is 1.98. The van der Waals surface area contributed by atoms with Crippen molar-refractivity contribution in [2.75, 3.05) is 35.2 Å². The van der Waals surface area contributed by atoms with Gasteiger partial charge in [0.05, 0.1) is 0 Å². The number of nitrogens with zero attached hydrogens (tertiary/aromatic N) is 6. The number of nitrogens with one attached hydrogen (secondary N) is 2. The molecule has 0 unspecified atom stereocenters. The molecule has 0 aliphatic carbocycles. The first-order valence-electron chi connectivity index (χ1n) is 11.8. The van der Waals surface area contributed by atoms with E-state index < -0.39 is 0 Å². The molecule has 0 spiro atoms. The standard InChI is InChI=1S/C25H32N8/c1-25(2,3)18-7-9-26-20(15-18)29-24-30-21(17-23(31-24)32-11-5-4-6-12-32)28-19-8-13-33-14-10-27-22(33)16-19/h8,10,13-17H,4-7,9,11-12H2,1-3H3,(H2,26,28,29,30,31). The molecule has 0 bridgehead atoms. The SMILES string of the molecule is CC(C)(C)C1=CC(Nc2nc(Nc3ccn4ccnc4c3)cc(N3CCCCC3)n2)=NCC1. The maximum atomic E-state index is 4.86. The summed E-state index contributed by atoms with van der Waals surface area (Å²) >= 11 is 0. The average Bonchev–Trinajstić information content (AvgIpc) is 3.27. The van der Waals surface area contributed by atoms with E-state index in [4.69, 9.17) is 9.97 Å². The Balaban J connectivity index is 1.45. The van der Waals surface area contributed by atoms with Gasteiger partial charge in [-0.15, -0.1) is 0 Å². The Morgan fingerprint density at radius 2 is 1.82 bits per heavy atom. The third kappa shape index (κ3) is 4.99. The lowest BCUT2D eigenvalue weighted by atomic mass is 9.83. The molecule has 5 rings (SSSR count). The van der Waals surface area contributed by atoms with Crippen LogP contribution in [0.5, 0.6) is 0 Å². The Morgan fingerprint density at radius 3 is 2.64 bits per heavy atom. The Kier molecular flexibility index (Phi) is 5.74. The zero-order valence-corrected chi connectivity index (χ0v) is 19.7. The van der Waals surface area contributed by atoms with Crippen molar-refractivity contribution in [3.63, 3.8) is 0 Å². The van der Waals surface area contributed by atoms with Crippen LogP contribution in [0.3, 0.4) is 0 Å². The Bertz CT molecular complexity index is 1190.